The molecule has 1 aromatic heterocycles. The van der Waals surface area contributed by atoms with Crippen LogP contribution in [0.15, 0.2) is 18.3 Å². The van der Waals surface area contributed by atoms with E-state index < -0.39 is 5.60 Å². The van der Waals surface area contributed by atoms with Gasteiger partial charge in [-0.25, -0.2) is 4.98 Å². The highest BCUT2D eigenvalue weighted by Crippen LogP contribution is 2.24. The quantitative estimate of drug-likeness (QED) is 0.799. The number of nitrogens with one attached hydrogen (secondary N) is 1. The number of hydrogen-bond acceptors (Lipinski definition) is 4. The van der Waals surface area contributed by atoms with Crippen LogP contribution in [0.5, 0.6) is 5.88 Å². The lowest BCUT2D eigenvalue weighted by Gasteiger charge is -2.30. The van der Waals surface area contributed by atoms with Gasteiger partial charge in [0.25, 0.3) is 5.91 Å². The summed E-state index contributed by atoms with van der Waals surface area (Å²) in [5.74, 6) is 0.739. The van der Waals surface area contributed by atoms with E-state index in [-0.39, 0.29) is 5.91 Å². The van der Waals surface area contributed by atoms with Gasteiger partial charge in [-0.2, -0.15) is 0 Å². The highest BCUT2D eigenvalue weighted by atomic mass is 16.5. The van der Waals surface area contributed by atoms with E-state index in [0.717, 1.165) is 6.42 Å². The van der Waals surface area contributed by atoms with Gasteiger partial charge >= 0.3 is 0 Å². The number of hydrogen-bond donors (Lipinski definition) is 1. The molecule has 0 radical (unpaired) electrons. The second-order valence-electron chi connectivity index (χ2n) is 5.72. The Morgan fingerprint density at radius 1 is 1.43 bits per heavy atom. The number of rotatable bonds is 8. The molecule has 21 heavy (non-hydrogen) atoms. The van der Waals surface area contributed by atoms with Gasteiger partial charge in [-0.05, 0) is 31.7 Å². The van der Waals surface area contributed by atoms with Crippen molar-refractivity contribution in [1.82, 2.24) is 4.98 Å². The molecule has 0 spiro atoms. The van der Waals surface area contributed by atoms with Gasteiger partial charge in [0.1, 0.15) is 5.60 Å². The molecular weight excluding hydrogens is 268 g/mol. The Balaban J connectivity index is 2.78. The Kier molecular flexibility index (Phi) is 6.62. The average Bonchev–Trinajstić information content (AvgIpc) is 2.45. The maximum absolute atomic E-state index is 12.5. The minimum absolute atomic E-state index is 0.142. The number of aromatic nitrogens is 1. The van der Waals surface area contributed by atoms with E-state index in [4.69, 9.17) is 9.47 Å². The number of pyridine rings is 1. The van der Waals surface area contributed by atoms with Gasteiger partial charge in [0.2, 0.25) is 5.88 Å². The van der Waals surface area contributed by atoms with Crippen molar-refractivity contribution in [3.63, 3.8) is 0 Å². The molecule has 0 bridgehead atoms. The maximum Gasteiger partial charge on any atom is 0.256 e. The third-order valence-electron chi connectivity index (χ3n) is 3.11. The first-order chi connectivity index (χ1) is 9.91. The predicted octanol–water partition coefficient (Wildman–Crippen LogP) is 3.26. The van der Waals surface area contributed by atoms with Crippen LogP contribution in [-0.2, 0) is 9.53 Å². The number of carbonyl (C=O) groups is 1. The van der Waals surface area contributed by atoms with Crippen LogP contribution in [0.2, 0.25) is 0 Å². The monoisotopic (exact) mass is 294 g/mol. The van der Waals surface area contributed by atoms with Crippen molar-refractivity contribution >= 4 is 11.6 Å². The molecule has 0 aliphatic heterocycles. The van der Waals surface area contributed by atoms with Crippen molar-refractivity contribution in [1.29, 1.82) is 0 Å². The number of nitrogens with zero attached hydrogens (tertiary/aromatic N) is 1. The summed E-state index contributed by atoms with van der Waals surface area (Å²) >= 11 is 0. The van der Waals surface area contributed by atoms with E-state index in [1.807, 2.05) is 13.8 Å². The summed E-state index contributed by atoms with van der Waals surface area (Å²) in [6.45, 7) is 8.60. The van der Waals surface area contributed by atoms with Crippen LogP contribution in [0.1, 0.15) is 40.5 Å². The maximum atomic E-state index is 12.5. The lowest BCUT2D eigenvalue weighted by molar-refractivity contribution is -0.141. The minimum atomic E-state index is -0.829. The molecule has 0 saturated carbocycles. The first kappa shape index (κ1) is 17.4. The second-order valence-corrected chi connectivity index (χ2v) is 5.72. The van der Waals surface area contributed by atoms with Gasteiger partial charge in [0.15, 0.2) is 0 Å². The molecule has 1 aromatic rings. The van der Waals surface area contributed by atoms with Gasteiger partial charge in [-0.15, -0.1) is 0 Å². The molecule has 5 nitrogen and oxygen atoms in total. The molecule has 0 aliphatic rings. The number of anilines is 1. The summed E-state index contributed by atoms with van der Waals surface area (Å²) in [6.07, 6.45) is 3.12. The topological polar surface area (TPSA) is 60.5 Å². The summed E-state index contributed by atoms with van der Waals surface area (Å²) in [5, 5.41) is 2.87. The molecule has 1 atom stereocenters. The van der Waals surface area contributed by atoms with Crippen LogP contribution in [0.25, 0.3) is 0 Å². The van der Waals surface area contributed by atoms with Crippen molar-refractivity contribution < 1.29 is 14.3 Å². The van der Waals surface area contributed by atoms with Crippen LogP contribution < -0.4 is 10.1 Å². The van der Waals surface area contributed by atoms with E-state index in [2.05, 4.69) is 24.1 Å². The fourth-order valence-electron chi connectivity index (χ4n) is 2.16. The Bertz CT molecular complexity index is 445. The molecule has 118 valence electrons. The van der Waals surface area contributed by atoms with E-state index in [1.165, 1.54) is 0 Å². The fraction of sp³-hybridized carbons (Fsp3) is 0.625. The number of methoxy groups -OCH3 is 1. The molecule has 5 heteroatoms. The zero-order chi connectivity index (χ0) is 15.9. The molecule has 0 fully saturated rings. The van der Waals surface area contributed by atoms with Crippen LogP contribution in [0.4, 0.5) is 5.69 Å². The number of ether oxygens (including phenoxy) is 2. The van der Waals surface area contributed by atoms with E-state index >= 15 is 0 Å². The van der Waals surface area contributed by atoms with Crippen molar-refractivity contribution in [2.45, 2.75) is 46.1 Å². The van der Waals surface area contributed by atoms with Crippen molar-refractivity contribution in [2.24, 2.45) is 5.92 Å². The minimum Gasteiger partial charge on any atom is -0.481 e. The van der Waals surface area contributed by atoms with E-state index in [1.54, 1.807) is 25.4 Å². The van der Waals surface area contributed by atoms with Crippen LogP contribution >= 0.6 is 0 Å². The molecule has 1 rings (SSSR count). The summed E-state index contributed by atoms with van der Waals surface area (Å²) in [5.41, 5.74) is -0.194. The summed E-state index contributed by atoms with van der Waals surface area (Å²) in [4.78, 5) is 16.6. The van der Waals surface area contributed by atoms with Crippen molar-refractivity contribution in [3.8, 4) is 5.88 Å². The highest BCUT2D eigenvalue weighted by molar-refractivity contribution is 5.96. The van der Waals surface area contributed by atoms with E-state index in [0.29, 0.717) is 30.5 Å². The van der Waals surface area contributed by atoms with Gasteiger partial charge in [0.05, 0.1) is 19.0 Å². The van der Waals surface area contributed by atoms with Crippen LogP contribution in [0.3, 0.4) is 0 Å². The molecule has 1 heterocycles. The zero-order valence-corrected chi connectivity index (χ0v) is 13.6. The smallest absolute Gasteiger partial charge is 0.256 e. The predicted molar refractivity (Wildman–Crippen MR) is 83.5 cm³/mol. The summed E-state index contributed by atoms with van der Waals surface area (Å²) < 4.78 is 10.8. The molecular formula is C16H26N2O3. The van der Waals surface area contributed by atoms with Crippen LogP contribution in [0, 0.1) is 5.92 Å². The Morgan fingerprint density at radius 3 is 2.62 bits per heavy atom. The van der Waals surface area contributed by atoms with Crippen molar-refractivity contribution in [3.05, 3.63) is 18.3 Å². The van der Waals surface area contributed by atoms with E-state index in [9.17, 15) is 4.79 Å². The molecule has 0 aromatic carbocycles. The fourth-order valence-corrected chi connectivity index (χ4v) is 2.16. The summed E-state index contributed by atoms with van der Waals surface area (Å²) in [7, 11) is 1.55. The first-order valence-electron chi connectivity index (χ1n) is 7.36. The Labute approximate surface area is 127 Å². The number of amides is 1. The largest absolute Gasteiger partial charge is 0.481 e. The molecule has 1 amide bonds. The van der Waals surface area contributed by atoms with Gasteiger partial charge in [-0.3, -0.25) is 4.79 Å². The van der Waals surface area contributed by atoms with Gasteiger partial charge in [0, 0.05) is 12.7 Å². The highest BCUT2D eigenvalue weighted by Gasteiger charge is 2.34. The number of carbonyl (C=O) groups excluding carboxylic acids is 1. The lowest BCUT2D eigenvalue weighted by Crippen LogP contribution is -2.44. The van der Waals surface area contributed by atoms with Gasteiger partial charge < -0.3 is 14.8 Å². The average molecular weight is 294 g/mol. The van der Waals surface area contributed by atoms with Crippen LogP contribution in [-0.4, -0.2) is 30.2 Å². The van der Waals surface area contributed by atoms with Crippen molar-refractivity contribution in [2.75, 3.05) is 19.0 Å². The third kappa shape index (κ3) is 5.34. The standard InChI is InChI=1S/C16H26N2O3/c1-6-9-21-16(4,10-12(2)3)15(19)18-13-7-8-14(20-5)17-11-13/h7-8,11-12H,6,9-10H2,1-5H3,(H,18,19). The Morgan fingerprint density at radius 2 is 2.14 bits per heavy atom. The Hall–Kier alpha value is -1.62. The van der Waals surface area contributed by atoms with Gasteiger partial charge in [-0.1, -0.05) is 20.8 Å². The molecule has 1 N–H and O–H groups in total. The normalized spacial score (nSPS) is 13.8. The lowest BCUT2D eigenvalue weighted by atomic mass is 9.93. The molecule has 0 aliphatic carbocycles. The first-order valence-corrected chi connectivity index (χ1v) is 7.36. The molecule has 1 unspecified atom stereocenters. The molecule has 0 saturated heterocycles. The SMILES string of the molecule is CCCOC(C)(CC(C)C)C(=O)Nc1ccc(OC)nc1. The summed E-state index contributed by atoms with van der Waals surface area (Å²) in [6, 6.07) is 3.47. The zero-order valence-electron chi connectivity index (χ0n) is 13.6. The second kappa shape index (κ2) is 7.98. The third-order valence-corrected chi connectivity index (χ3v) is 3.11.